The summed E-state index contributed by atoms with van der Waals surface area (Å²) in [7, 11) is 0. The van der Waals surface area contributed by atoms with Gasteiger partial charge in [0.2, 0.25) is 5.91 Å². The summed E-state index contributed by atoms with van der Waals surface area (Å²) in [5, 5.41) is 8.93. The zero-order valence-electron chi connectivity index (χ0n) is 11.8. The molecule has 0 fully saturated rings. The molecule has 0 aliphatic rings. The van der Waals surface area contributed by atoms with Crippen molar-refractivity contribution in [3.63, 3.8) is 0 Å². The fraction of sp³-hybridized carbons (Fsp3) is 0.533. The second-order valence-corrected chi connectivity index (χ2v) is 5.43. The van der Waals surface area contributed by atoms with E-state index in [2.05, 4.69) is 15.9 Å². The Morgan fingerprint density at radius 2 is 2.00 bits per heavy atom. The fourth-order valence-electron chi connectivity index (χ4n) is 1.85. The standard InChI is InChI=1S/C15H22BrNO3/c1-2-9-17(10-11-18)15(19)4-3-12-20-14-7-5-13(16)6-8-14/h5-8,18H,2-4,9-12H2,1H3. The van der Waals surface area contributed by atoms with E-state index in [9.17, 15) is 4.79 Å². The molecule has 0 atom stereocenters. The number of hydrogen-bond donors (Lipinski definition) is 1. The molecule has 0 radical (unpaired) electrons. The van der Waals surface area contributed by atoms with Crippen LogP contribution in [0.15, 0.2) is 28.7 Å². The van der Waals surface area contributed by atoms with E-state index in [1.807, 2.05) is 31.2 Å². The Bertz CT molecular complexity index is 389. The summed E-state index contributed by atoms with van der Waals surface area (Å²) in [5.41, 5.74) is 0. The molecule has 5 heteroatoms. The van der Waals surface area contributed by atoms with E-state index >= 15 is 0 Å². The van der Waals surface area contributed by atoms with E-state index in [-0.39, 0.29) is 12.5 Å². The van der Waals surface area contributed by atoms with Gasteiger partial charge in [0.1, 0.15) is 5.75 Å². The third kappa shape index (κ3) is 6.39. The van der Waals surface area contributed by atoms with E-state index in [0.717, 1.165) is 16.6 Å². The molecule has 1 aromatic carbocycles. The lowest BCUT2D eigenvalue weighted by atomic mass is 10.2. The summed E-state index contributed by atoms with van der Waals surface area (Å²) < 4.78 is 6.58. The number of nitrogens with zero attached hydrogens (tertiary/aromatic N) is 1. The Labute approximate surface area is 128 Å². The number of rotatable bonds is 9. The first-order valence-electron chi connectivity index (χ1n) is 6.94. The van der Waals surface area contributed by atoms with Crippen molar-refractivity contribution in [3.05, 3.63) is 28.7 Å². The molecule has 20 heavy (non-hydrogen) atoms. The van der Waals surface area contributed by atoms with Crippen molar-refractivity contribution in [2.75, 3.05) is 26.3 Å². The molecule has 4 nitrogen and oxygen atoms in total. The maximum Gasteiger partial charge on any atom is 0.222 e. The van der Waals surface area contributed by atoms with Crippen molar-refractivity contribution < 1.29 is 14.6 Å². The molecule has 0 aromatic heterocycles. The highest BCUT2D eigenvalue weighted by Crippen LogP contribution is 2.16. The summed E-state index contributed by atoms with van der Waals surface area (Å²) in [4.78, 5) is 13.6. The van der Waals surface area contributed by atoms with E-state index in [1.54, 1.807) is 4.90 Å². The lowest BCUT2D eigenvalue weighted by Gasteiger charge is -2.21. The molecule has 1 rings (SSSR count). The lowest BCUT2D eigenvalue weighted by Crippen LogP contribution is -2.34. The van der Waals surface area contributed by atoms with Gasteiger partial charge in [0.25, 0.3) is 0 Å². The Kier molecular flexibility index (Phi) is 8.30. The third-order valence-corrected chi connectivity index (χ3v) is 3.36. The van der Waals surface area contributed by atoms with E-state index < -0.39 is 0 Å². The van der Waals surface area contributed by atoms with Crippen LogP contribution in [-0.2, 0) is 4.79 Å². The topological polar surface area (TPSA) is 49.8 Å². The van der Waals surface area contributed by atoms with Crippen LogP contribution in [0, 0.1) is 0 Å². The minimum Gasteiger partial charge on any atom is -0.494 e. The monoisotopic (exact) mass is 343 g/mol. The Hall–Kier alpha value is -1.07. The summed E-state index contributed by atoms with van der Waals surface area (Å²) in [6, 6.07) is 7.62. The largest absolute Gasteiger partial charge is 0.494 e. The van der Waals surface area contributed by atoms with E-state index in [0.29, 0.717) is 32.5 Å². The molecule has 1 amide bonds. The normalized spacial score (nSPS) is 10.3. The first-order valence-corrected chi connectivity index (χ1v) is 7.73. The number of aliphatic hydroxyl groups excluding tert-OH is 1. The van der Waals surface area contributed by atoms with Crippen molar-refractivity contribution in [1.29, 1.82) is 0 Å². The van der Waals surface area contributed by atoms with Gasteiger partial charge in [0.15, 0.2) is 0 Å². The van der Waals surface area contributed by atoms with E-state index in [4.69, 9.17) is 9.84 Å². The van der Waals surface area contributed by atoms with Crippen molar-refractivity contribution >= 4 is 21.8 Å². The molecular formula is C15H22BrNO3. The molecular weight excluding hydrogens is 322 g/mol. The molecule has 112 valence electrons. The quantitative estimate of drug-likeness (QED) is 0.701. The molecule has 0 unspecified atom stereocenters. The first-order chi connectivity index (χ1) is 9.67. The van der Waals surface area contributed by atoms with Crippen LogP contribution < -0.4 is 4.74 Å². The average Bonchev–Trinajstić information content (AvgIpc) is 2.45. The van der Waals surface area contributed by atoms with Crippen LogP contribution in [0.1, 0.15) is 26.2 Å². The molecule has 1 N–H and O–H groups in total. The number of carbonyl (C=O) groups excluding carboxylic acids is 1. The van der Waals surface area contributed by atoms with Gasteiger partial charge in [-0.3, -0.25) is 4.79 Å². The highest BCUT2D eigenvalue weighted by Gasteiger charge is 2.11. The van der Waals surface area contributed by atoms with Crippen molar-refractivity contribution in [3.8, 4) is 5.75 Å². The molecule has 0 aliphatic carbocycles. The molecule has 0 spiro atoms. The number of amides is 1. The minimum absolute atomic E-state index is 0.0150. The number of ether oxygens (including phenoxy) is 1. The van der Waals surface area contributed by atoms with Crippen LogP contribution in [0.3, 0.4) is 0 Å². The van der Waals surface area contributed by atoms with Crippen LogP contribution in [0.25, 0.3) is 0 Å². The number of aliphatic hydroxyl groups is 1. The minimum atomic E-state index is 0.0150. The van der Waals surface area contributed by atoms with Gasteiger partial charge < -0.3 is 14.7 Å². The van der Waals surface area contributed by atoms with Crippen LogP contribution in [0.4, 0.5) is 0 Å². The molecule has 0 saturated heterocycles. The van der Waals surface area contributed by atoms with Crippen LogP contribution in [0.5, 0.6) is 5.75 Å². The predicted octanol–water partition coefficient (Wildman–Crippen LogP) is 2.84. The zero-order chi connectivity index (χ0) is 14.8. The average molecular weight is 344 g/mol. The van der Waals surface area contributed by atoms with Crippen molar-refractivity contribution in [1.82, 2.24) is 4.90 Å². The van der Waals surface area contributed by atoms with Gasteiger partial charge in [0.05, 0.1) is 13.2 Å². The number of halogens is 1. The third-order valence-electron chi connectivity index (χ3n) is 2.83. The lowest BCUT2D eigenvalue weighted by molar-refractivity contribution is -0.132. The summed E-state index contributed by atoms with van der Waals surface area (Å²) in [6.07, 6.45) is 2.04. The molecule has 0 bridgehead atoms. The van der Waals surface area contributed by atoms with Gasteiger partial charge in [-0.05, 0) is 37.1 Å². The predicted molar refractivity (Wildman–Crippen MR) is 82.8 cm³/mol. The van der Waals surface area contributed by atoms with Crippen LogP contribution >= 0.6 is 15.9 Å². The van der Waals surface area contributed by atoms with Gasteiger partial charge in [-0.25, -0.2) is 0 Å². The second-order valence-electron chi connectivity index (χ2n) is 4.51. The first kappa shape index (κ1) is 17.0. The van der Waals surface area contributed by atoms with Gasteiger partial charge in [-0.15, -0.1) is 0 Å². The van der Waals surface area contributed by atoms with Crippen molar-refractivity contribution in [2.45, 2.75) is 26.2 Å². The molecule has 0 saturated carbocycles. The highest BCUT2D eigenvalue weighted by atomic mass is 79.9. The maximum atomic E-state index is 11.9. The number of carbonyl (C=O) groups is 1. The van der Waals surface area contributed by atoms with Gasteiger partial charge in [-0.2, -0.15) is 0 Å². The SMILES string of the molecule is CCCN(CCO)C(=O)CCCOc1ccc(Br)cc1. The molecule has 0 aliphatic heterocycles. The van der Waals surface area contributed by atoms with Gasteiger partial charge >= 0.3 is 0 Å². The van der Waals surface area contributed by atoms with Gasteiger partial charge in [0, 0.05) is 24.0 Å². The highest BCUT2D eigenvalue weighted by molar-refractivity contribution is 9.10. The fourth-order valence-corrected chi connectivity index (χ4v) is 2.12. The Morgan fingerprint density at radius 1 is 1.30 bits per heavy atom. The van der Waals surface area contributed by atoms with E-state index in [1.165, 1.54) is 0 Å². The number of hydrogen-bond acceptors (Lipinski definition) is 3. The smallest absolute Gasteiger partial charge is 0.222 e. The Balaban J connectivity index is 2.25. The molecule has 1 aromatic rings. The van der Waals surface area contributed by atoms with Crippen LogP contribution in [-0.4, -0.2) is 42.2 Å². The van der Waals surface area contributed by atoms with Gasteiger partial charge in [-0.1, -0.05) is 22.9 Å². The zero-order valence-corrected chi connectivity index (χ0v) is 13.4. The second kappa shape index (κ2) is 9.77. The number of benzene rings is 1. The summed E-state index contributed by atoms with van der Waals surface area (Å²) >= 11 is 3.37. The summed E-state index contributed by atoms with van der Waals surface area (Å²) in [6.45, 7) is 3.68. The van der Waals surface area contributed by atoms with Crippen molar-refractivity contribution in [2.24, 2.45) is 0 Å². The summed E-state index contributed by atoms with van der Waals surface area (Å²) in [5.74, 6) is 0.890. The Morgan fingerprint density at radius 3 is 2.60 bits per heavy atom. The van der Waals surface area contributed by atoms with Crippen LogP contribution in [0.2, 0.25) is 0 Å². The maximum absolute atomic E-state index is 11.9. The molecule has 0 heterocycles.